The van der Waals surface area contributed by atoms with E-state index >= 15 is 0 Å². The van der Waals surface area contributed by atoms with Crippen LogP contribution in [0, 0.1) is 5.92 Å². The molecule has 0 amide bonds. The van der Waals surface area contributed by atoms with Gasteiger partial charge in [0, 0.05) is 28.6 Å². The molecule has 0 aromatic carbocycles. The highest BCUT2D eigenvalue weighted by Crippen LogP contribution is 2.33. The van der Waals surface area contributed by atoms with Crippen molar-refractivity contribution in [3.05, 3.63) is 28.5 Å². The largest absolute Gasteiger partial charge is 0.304 e. The van der Waals surface area contributed by atoms with Crippen LogP contribution in [0.3, 0.4) is 0 Å². The van der Waals surface area contributed by atoms with Crippen molar-refractivity contribution < 1.29 is 0 Å². The lowest BCUT2D eigenvalue weighted by atomic mass is 9.77. The summed E-state index contributed by atoms with van der Waals surface area (Å²) in [6.45, 7) is 3.12. The SMILES string of the molecule is CC1CCCC(CCl)(NCc2ccc(Br)cn2)C1. The molecule has 0 spiro atoms. The maximum Gasteiger partial charge on any atom is 0.0542 e. The summed E-state index contributed by atoms with van der Waals surface area (Å²) in [4.78, 5) is 4.39. The van der Waals surface area contributed by atoms with E-state index in [1.165, 1.54) is 25.7 Å². The van der Waals surface area contributed by atoms with Crippen LogP contribution in [0.1, 0.15) is 38.3 Å². The Bertz CT molecular complexity index is 382. The number of rotatable bonds is 4. The Labute approximate surface area is 123 Å². The smallest absolute Gasteiger partial charge is 0.0542 e. The molecule has 2 nitrogen and oxygen atoms in total. The molecule has 2 atom stereocenters. The van der Waals surface area contributed by atoms with E-state index < -0.39 is 0 Å². The lowest BCUT2D eigenvalue weighted by Crippen LogP contribution is -2.49. The average molecular weight is 332 g/mol. The van der Waals surface area contributed by atoms with Crippen molar-refractivity contribution in [1.29, 1.82) is 0 Å². The van der Waals surface area contributed by atoms with Crippen LogP contribution in [0.5, 0.6) is 0 Å². The summed E-state index contributed by atoms with van der Waals surface area (Å²) in [6, 6.07) is 4.08. The van der Waals surface area contributed by atoms with E-state index in [0.29, 0.717) is 5.88 Å². The molecule has 0 aliphatic heterocycles. The second-order valence-electron chi connectivity index (χ2n) is 5.44. The number of hydrogen-bond acceptors (Lipinski definition) is 2. The van der Waals surface area contributed by atoms with Crippen molar-refractivity contribution in [2.75, 3.05) is 5.88 Å². The predicted octanol–water partition coefficient (Wildman–Crippen LogP) is 4.12. The van der Waals surface area contributed by atoms with Crippen LogP contribution in [-0.2, 0) is 6.54 Å². The van der Waals surface area contributed by atoms with Crippen molar-refractivity contribution in [1.82, 2.24) is 10.3 Å². The quantitative estimate of drug-likeness (QED) is 0.839. The minimum Gasteiger partial charge on any atom is -0.304 e. The fourth-order valence-corrected chi connectivity index (χ4v) is 3.35. The summed E-state index contributed by atoms with van der Waals surface area (Å²) < 4.78 is 1.02. The summed E-state index contributed by atoms with van der Waals surface area (Å²) in [5, 5.41) is 3.64. The first-order valence-electron chi connectivity index (χ1n) is 6.55. The number of halogens is 2. The molecule has 4 heteroatoms. The van der Waals surface area contributed by atoms with Crippen molar-refractivity contribution >= 4 is 27.5 Å². The Morgan fingerprint density at radius 3 is 3.00 bits per heavy atom. The Morgan fingerprint density at radius 2 is 2.39 bits per heavy atom. The molecule has 1 aromatic heterocycles. The Balaban J connectivity index is 1.96. The Kier molecular flexibility index (Phi) is 5.05. The molecule has 1 aliphatic rings. The first kappa shape index (κ1) is 14.3. The van der Waals surface area contributed by atoms with Crippen molar-refractivity contribution in [2.24, 2.45) is 5.92 Å². The fourth-order valence-electron chi connectivity index (χ4n) is 2.78. The molecule has 1 fully saturated rings. The fraction of sp³-hybridized carbons (Fsp3) is 0.643. The van der Waals surface area contributed by atoms with E-state index in [9.17, 15) is 0 Å². The van der Waals surface area contributed by atoms with Crippen LogP contribution in [0.25, 0.3) is 0 Å². The van der Waals surface area contributed by atoms with Crippen molar-refractivity contribution in [3.63, 3.8) is 0 Å². The van der Waals surface area contributed by atoms with Gasteiger partial charge in [-0.05, 0) is 46.8 Å². The molecular weight excluding hydrogens is 312 g/mol. The van der Waals surface area contributed by atoms with Gasteiger partial charge in [0.25, 0.3) is 0 Å². The van der Waals surface area contributed by atoms with Gasteiger partial charge in [-0.2, -0.15) is 0 Å². The predicted molar refractivity (Wildman–Crippen MR) is 79.9 cm³/mol. The molecule has 1 aromatic rings. The summed E-state index contributed by atoms with van der Waals surface area (Å²) in [6.07, 6.45) is 6.80. The zero-order valence-electron chi connectivity index (χ0n) is 10.8. The van der Waals surface area contributed by atoms with Gasteiger partial charge < -0.3 is 5.32 Å². The molecule has 100 valence electrons. The first-order valence-corrected chi connectivity index (χ1v) is 7.88. The number of nitrogens with zero attached hydrogens (tertiary/aromatic N) is 1. The third-order valence-corrected chi connectivity index (χ3v) is 4.76. The van der Waals surface area contributed by atoms with E-state index in [-0.39, 0.29) is 5.54 Å². The molecule has 18 heavy (non-hydrogen) atoms. The van der Waals surface area contributed by atoms with Gasteiger partial charge in [-0.1, -0.05) is 19.8 Å². The number of hydrogen-bond donors (Lipinski definition) is 1. The number of alkyl halides is 1. The molecule has 1 saturated carbocycles. The maximum atomic E-state index is 6.20. The Morgan fingerprint density at radius 1 is 1.56 bits per heavy atom. The van der Waals surface area contributed by atoms with Crippen LogP contribution in [0.4, 0.5) is 0 Å². The third-order valence-electron chi connectivity index (χ3n) is 3.78. The monoisotopic (exact) mass is 330 g/mol. The number of nitrogens with one attached hydrogen (secondary N) is 1. The van der Waals surface area contributed by atoms with Gasteiger partial charge >= 0.3 is 0 Å². The Hall–Kier alpha value is -0.120. The second kappa shape index (κ2) is 6.36. The summed E-state index contributed by atoms with van der Waals surface area (Å²) in [5.74, 6) is 1.45. The molecule has 0 radical (unpaired) electrons. The third kappa shape index (κ3) is 3.69. The van der Waals surface area contributed by atoms with E-state index in [4.69, 9.17) is 11.6 Å². The van der Waals surface area contributed by atoms with E-state index in [1.807, 2.05) is 18.3 Å². The van der Waals surface area contributed by atoms with Crippen LogP contribution < -0.4 is 5.32 Å². The molecule has 1 heterocycles. The summed E-state index contributed by atoms with van der Waals surface area (Å²) in [5.41, 5.74) is 1.18. The van der Waals surface area contributed by atoms with Gasteiger partial charge in [-0.25, -0.2) is 0 Å². The zero-order valence-corrected chi connectivity index (χ0v) is 13.1. The van der Waals surface area contributed by atoms with Gasteiger partial charge in [0.05, 0.1) is 5.69 Å². The van der Waals surface area contributed by atoms with E-state index in [2.05, 4.69) is 33.2 Å². The molecule has 0 bridgehead atoms. The number of pyridine rings is 1. The molecule has 0 saturated heterocycles. The normalized spacial score (nSPS) is 28.3. The zero-order chi connectivity index (χ0) is 13.0. The van der Waals surface area contributed by atoms with E-state index in [0.717, 1.165) is 22.6 Å². The van der Waals surface area contributed by atoms with Gasteiger partial charge in [-0.15, -0.1) is 11.6 Å². The molecule has 2 unspecified atom stereocenters. The molecule has 1 N–H and O–H groups in total. The van der Waals surface area contributed by atoms with Crippen LogP contribution in [0.2, 0.25) is 0 Å². The van der Waals surface area contributed by atoms with Gasteiger partial charge in [0.2, 0.25) is 0 Å². The maximum absolute atomic E-state index is 6.20. The highest BCUT2D eigenvalue weighted by atomic mass is 79.9. The lowest BCUT2D eigenvalue weighted by molar-refractivity contribution is 0.207. The molecule has 2 rings (SSSR count). The minimum absolute atomic E-state index is 0.105. The standard InChI is InChI=1S/C14H20BrClN2/c1-11-3-2-6-14(7-11,10-16)18-9-13-5-4-12(15)8-17-13/h4-5,8,11,18H,2-3,6-7,9-10H2,1H3. The number of aromatic nitrogens is 1. The topological polar surface area (TPSA) is 24.9 Å². The highest BCUT2D eigenvalue weighted by molar-refractivity contribution is 9.10. The molecule has 1 aliphatic carbocycles. The summed E-state index contributed by atoms with van der Waals surface area (Å²) >= 11 is 9.60. The first-order chi connectivity index (χ1) is 8.63. The van der Waals surface area contributed by atoms with E-state index in [1.54, 1.807) is 0 Å². The van der Waals surface area contributed by atoms with Crippen LogP contribution in [-0.4, -0.2) is 16.4 Å². The van der Waals surface area contributed by atoms with Gasteiger partial charge in [0.1, 0.15) is 0 Å². The van der Waals surface area contributed by atoms with Crippen molar-refractivity contribution in [3.8, 4) is 0 Å². The lowest BCUT2D eigenvalue weighted by Gasteiger charge is -2.39. The van der Waals surface area contributed by atoms with Gasteiger partial charge in [0.15, 0.2) is 0 Å². The second-order valence-corrected chi connectivity index (χ2v) is 6.62. The van der Waals surface area contributed by atoms with Crippen molar-refractivity contribution in [2.45, 2.75) is 44.7 Å². The average Bonchev–Trinajstić information content (AvgIpc) is 2.38. The van der Waals surface area contributed by atoms with Gasteiger partial charge in [-0.3, -0.25) is 4.98 Å². The van der Waals surface area contributed by atoms with Crippen LogP contribution in [0.15, 0.2) is 22.8 Å². The molecular formula is C14H20BrClN2. The summed E-state index contributed by atoms with van der Waals surface area (Å²) in [7, 11) is 0. The highest BCUT2D eigenvalue weighted by Gasteiger charge is 2.33. The minimum atomic E-state index is 0.105. The van der Waals surface area contributed by atoms with Crippen LogP contribution >= 0.6 is 27.5 Å².